The van der Waals surface area contributed by atoms with Gasteiger partial charge in [-0.15, -0.1) is 0 Å². The number of anilines is 1. The van der Waals surface area contributed by atoms with E-state index < -0.39 is 0 Å². The average Bonchev–Trinajstić information content (AvgIpc) is 2.70. The van der Waals surface area contributed by atoms with Crippen LogP contribution >= 0.6 is 0 Å². The van der Waals surface area contributed by atoms with Gasteiger partial charge in [-0.3, -0.25) is 4.68 Å². The molecule has 1 aliphatic rings. The summed E-state index contributed by atoms with van der Waals surface area (Å²) in [6.45, 7) is 4.49. The molecular formula is C15H23N5. The molecule has 1 saturated heterocycles. The zero-order valence-electron chi connectivity index (χ0n) is 12.4. The molecular weight excluding hydrogens is 250 g/mol. The van der Waals surface area contributed by atoms with Crippen LogP contribution in [-0.2, 0) is 7.05 Å². The minimum Gasteiger partial charge on any atom is -0.356 e. The van der Waals surface area contributed by atoms with Crippen molar-refractivity contribution in [3.8, 4) is 0 Å². The third-order valence-corrected chi connectivity index (χ3v) is 4.35. The topological polar surface area (TPSA) is 46.8 Å². The van der Waals surface area contributed by atoms with Gasteiger partial charge >= 0.3 is 0 Å². The molecule has 0 radical (unpaired) electrons. The van der Waals surface area contributed by atoms with Crippen LogP contribution in [0.15, 0.2) is 12.5 Å². The number of fused-ring (bicyclic) bond motifs is 1. The first-order chi connectivity index (χ1) is 9.79. The van der Waals surface area contributed by atoms with Gasteiger partial charge in [-0.1, -0.05) is 19.8 Å². The first-order valence-corrected chi connectivity index (χ1v) is 7.67. The number of rotatable bonds is 3. The van der Waals surface area contributed by atoms with E-state index in [1.165, 1.54) is 32.1 Å². The summed E-state index contributed by atoms with van der Waals surface area (Å²) in [4.78, 5) is 11.3. The molecule has 0 spiro atoms. The maximum atomic E-state index is 4.52. The number of aryl methyl sites for hydroxylation is 1. The molecule has 1 fully saturated rings. The molecule has 0 N–H and O–H groups in total. The van der Waals surface area contributed by atoms with E-state index in [0.29, 0.717) is 0 Å². The van der Waals surface area contributed by atoms with E-state index in [0.717, 1.165) is 35.9 Å². The Kier molecular flexibility index (Phi) is 3.85. The van der Waals surface area contributed by atoms with Crippen molar-refractivity contribution in [3.63, 3.8) is 0 Å². The standard InChI is InChI=1S/C15H23N5/c1-3-5-12-6-4-8-20(9-7-12)15-13-10-18-19(2)14(13)16-11-17-15/h10-12H,3-9H2,1-2H3/t12-/m1/s1. The summed E-state index contributed by atoms with van der Waals surface area (Å²) in [7, 11) is 1.93. The van der Waals surface area contributed by atoms with Crippen molar-refractivity contribution in [3.05, 3.63) is 12.5 Å². The molecule has 5 heteroatoms. The molecule has 1 aliphatic heterocycles. The van der Waals surface area contributed by atoms with E-state index in [9.17, 15) is 0 Å². The lowest BCUT2D eigenvalue weighted by Gasteiger charge is -2.22. The Morgan fingerprint density at radius 1 is 1.25 bits per heavy atom. The maximum Gasteiger partial charge on any atom is 0.163 e. The Balaban J connectivity index is 1.84. The molecule has 20 heavy (non-hydrogen) atoms. The van der Waals surface area contributed by atoms with Crippen molar-refractivity contribution in [2.45, 2.75) is 39.0 Å². The van der Waals surface area contributed by atoms with Gasteiger partial charge in [0.2, 0.25) is 0 Å². The zero-order valence-corrected chi connectivity index (χ0v) is 12.4. The van der Waals surface area contributed by atoms with Gasteiger partial charge in [-0.25, -0.2) is 9.97 Å². The van der Waals surface area contributed by atoms with Gasteiger partial charge in [-0.05, 0) is 25.2 Å². The summed E-state index contributed by atoms with van der Waals surface area (Å²) in [5, 5.41) is 5.38. The summed E-state index contributed by atoms with van der Waals surface area (Å²) in [5.74, 6) is 1.94. The molecule has 2 aromatic heterocycles. The van der Waals surface area contributed by atoms with E-state index >= 15 is 0 Å². The second-order valence-corrected chi connectivity index (χ2v) is 5.78. The fourth-order valence-electron chi connectivity index (χ4n) is 3.28. The Morgan fingerprint density at radius 3 is 3.00 bits per heavy atom. The maximum absolute atomic E-state index is 4.52. The van der Waals surface area contributed by atoms with Crippen molar-refractivity contribution in [2.75, 3.05) is 18.0 Å². The molecule has 3 heterocycles. The largest absolute Gasteiger partial charge is 0.356 e. The van der Waals surface area contributed by atoms with Crippen LogP contribution in [0.1, 0.15) is 39.0 Å². The predicted molar refractivity (Wildman–Crippen MR) is 80.8 cm³/mol. The van der Waals surface area contributed by atoms with Gasteiger partial charge in [0.25, 0.3) is 0 Å². The number of aromatic nitrogens is 4. The van der Waals surface area contributed by atoms with E-state index in [2.05, 4.69) is 26.9 Å². The third-order valence-electron chi connectivity index (χ3n) is 4.35. The van der Waals surface area contributed by atoms with Crippen LogP contribution in [0.2, 0.25) is 0 Å². The summed E-state index contributed by atoms with van der Waals surface area (Å²) >= 11 is 0. The van der Waals surface area contributed by atoms with E-state index in [1.807, 2.05) is 17.9 Å². The normalized spacial score (nSPS) is 20.3. The highest BCUT2D eigenvalue weighted by Gasteiger charge is 2.20. The van der Waals surface area contributed by atoms with E-state index in [4.69, 9.17) is 0 Å². The van der Waals surface area contributed by atoms with Crippen LogP contribution in [-0.4, -0.2) is 32.8 Å². The van der Waals surface area contributed by atoms with Crippen LogP contribution < -0.4 is 4.90 Å². The molecule has 0 unspecified atom stereocenters. The molecule has 1 atom stereocenters. The van der Waals surface area contributed by atoms with Crippen LogP contribution in [0.25, 0.3) is 11.0 Å². The first-order valence-electron chi connectivity index (χ1n) is 7.67. The van der Waals surface area contributed by atoms with Gasteiger partial charge in [-0.2, -0.15) is 5.10 Å². The lowest BCUT2D eigenvalue weighted by molar-refractivity contribution is 0.435. The van der Waals surface area contributed by atoms with Gasteiger partial charge in [0, 0.05) is 20.1 Å². The van der Waals surface area contributed by atoms with Crippen LogP contribution in [0, 0.1) is 5.92 Å². The van der Waals surface area contributed by atoms with Gasteiger partial charge in [0.15, 0.2) is 5.65 Å². The molecule has 0 amide bonds. The summed E-state index contributed by atoms with van der Waals surface area (Å²) < 4.78 is 1.82. The Hall–Kier alpha value is -1.65. The highest BCUT2D eigenvalue weighted by atomic mass is 15.3. The van der Waals surface area contributed by atoms with E-state index in [-0.39, 0.29) is 0 Å². The van der Waals surface area contributed by atoms with Crippen molar-refractivity contribution in [2.24, 2.45) is 13.0 Å². The first kappa shape index (κ1) is 13.3. The average molecular weight is 273 g/mol. The molecule has 3 rings (SSSR count). The molecule has 0 aromatic carbocycles. The predicted octanol–water partition coefficient (Wildman–Crippen LogP) is 2.77. The second kappa shape index (κ2) is 5.77. The Morgan fingerprint density at radius 2 is 2.15 bits per heavy atom. The van der Waals surface area contributed by atoms with Crippen molar-refractivity contribution < 1.29 is 0 Å². The smallest absolute Gasteiger partial charge is 0.163 e. The monoisotopic (exact) mass is 273 g/mol. The van der Waals surface area contributed by atoms with Gasteiger partial charge in [0.1, 0.15) is 12.1 Å². The van der Waals surface area contributed by atoms with Crippen molar-refractivity contribution >= 4 is 16.9 Å². The lowest BCUT2D eigenvalue weighted by Crippen LogP contribution is -2.25. The highest BCUT2D eigenvalue weighted by Crippen LogP contribution is 2.27. The second-order valence-electron chi connectivity index (χ2n) is 5.78. The van der Waals surface area contributed by atoms with Crippen molar-refractivity contribution in [1.82, 2.24) is 19.7 Å². The minimum absolute atomic E-state index is 0.885. The number of hydrogen-bond acceptors (Lipinski definition) is 4. The molecule has 2 aromatic rings. The molecule has 0 aliphatic carbocycles. The highest BCUT2D eigenvalue weighted by molar-refractivity contribution is 5.86. The molecule has 108 valence electrons. The quantitative estimate of drug-likeness (QED) is 0.862. The fraction of sp³-hybridized carbons (Fsp3) is 0.667. The lowest BCUT2D eigenvalue weighted by atomic mass is 9.96. The Labute approximate surface area is 120 Å². The SMILES string of the molecule is CCC[C@@H]1CCCN(c2ncnc3c2cnn3C)CC1. The van der Waals surface area contributed by atoms with Crippen molar-refractivity contribution in [1.29, 1.82) is 0 Å². The van der Waals surface area contributed by atoms with Crippen LogP contribution in [0.3, 0.4) is 0 Å². The van der Waals surface area contributed by atoms with Gasteiger partial charge in [0.05, 0.1) is 11.6 Å². The molecule has 0 bridgehead atoms. The van der Waals surface area contributed by atoms with E-state index in [1.54, 1.807) is 6.33 Å². The number of hydrogen-bond donors (Lipinski definition) is 0. The van der Waals surface area contributed by atoms with Gasteiger partial charge < -0.3 is 4.90 Å². The molecule has 0 saturated carbocycles. The fourth-order valence-corrected chi connectivity index (χ4v) is 3.28. The summed E-state index contributed by atoms with van der Waals surface area (Å²) in [6, 6.07) is 0. The minimum atomic E-state index is 0.885. The van der Waals surface area contributed by atoms with Crippen LogP contribution in [0.4, 0.5) is 5.82 Å². The Bertz CT molecular complexity index is 577. The summed E-state index contributed by atoms with van der Waals surface area (Å²) in [5.41, 5.74) is 0.921. The third kappa shape index (κ3) is 2.49. The summed E-state index contributed by atoms with van der Waals surface area (Å²) in [6.07, 6.45) is 10.1. The van der Waals surface area contributed by atoms with Crippen LogP contribution in [0.5, 0.6) is 0 Å². The number of nitrogens with zero attached hydrogens (tertiary/aromatic N) is 5. The zero-order chi connectivity index (χ0) is 13.9. The molecule has 5 nitrogen and oxygen atoms in total.